The van der Waals surface area contributed by atoms with Gasteiger partial charge in [-0.1, -0.05) is 12.1 Å². The number of benzene rings is 1. The minimum absolute atomic E-state index is 0.179. The molecule has 0 radical (unpaired) electrons. The number of carboxylic acid groups (broad SMARTS) is 1. The van der Waals surface area contributed by atoms with Crippen LogP contribution in [0.2, 0.25) is 0 Å². The molecule has 1 saturated heterocycles. The van der Waals surface area contributed by atoms with Crippen molar-refractivity contribution in [2.24, 2.45) is 11.8 Å². The van der Waals surface area contributed by atoms with Crippen molar-refractivity contribution in [2.45, 2.75) is 12.7 Å². The van der Waals surface area contributed by atoms with Gasteiger partial charge in [-0.2, -0.15) is 13.2 Å². The molecule has 1 aromatic carbocycles. The topological polar surface area (TPSA) is 60.9 Å². The van der Waals surface area contributed by atoms with Gasteiger partial charge in [-0.3, -0.25) is 14.5 Å². The molecule has 0 aromatic heterocycles. The lowest BCUT2D eigenvalue weighted by molar-refractivity contribution is -0.188. The third-order valence-electron chi connectivity index (χ3n) is 4.25. The van der Waals surface area contributed by atoms with Crippen LogP contribution in [0.15, 0.2) is 24.3 Å². The molecule has 1 aliphatic heterocycles. The number of alkyl halides is 3. The van der Waals surface area contributed by atoms with E-state index in [0.717, 1.165) is 0 Å². The van der Waals surface area contributed by atoms with Crippen LogP contribution in [-0.2, 0) is 16.1 Å². The van der Waals surface area contributed by atoms with Crippen molar-refractivity contribution in [1.82, 2.24) is 9.80 Å². The maximum Gasteiger partial charge on any atom is 0.393 e. The number of aliphatic carboxylic acids is 1. The molecule has 5 nitrogen and oxygen atoms in total. The van der Waals surface area contributed by atoms with Crippen LogP contribution in [0, 0.1) is 17.7 Å². The quantitative estimate of drug-likeness (QED) is 0.814. The first-order chi connectivity index (χ1) is 11.6. The highest BCUT2D eigenvalue weighted by atomic mass is 19.4. The van der Waals surface area contributed by atoms with Crippen LogP contribution in [0.25, 0.3) is 0 Å². The van der Waals surface area contributed by atoms with Gasteiger partial charge in [-0.25, -0.2) is 4.39 Å². The van der Waals surface area contributed by atoms with Crippen LogP contribution < -0.4 is 0 Å². The molecule has 1 N–H and O–H groups in total. The fraction of sp³-hybridized carbons (Fsp3) is 0.500. The zero-order chi connectivity index (χ0) is 18.8. The summed E-state index contributed by atoms with van der Waals surface area (Å²) in [6, 6.07) is 5.52. The minimum Gasteiger partial charge on any atom is -0.481 e. The number of carbonyl (C=O) groups excluding carboxylic acids is 1. The molecule has 1 fully saturated rings. The number of halogens is 4. The number of amides is 1. The zero-order valence-corrected chi connectivity index (χ0v) is 13.5. The molecule has 0 saturated carbocycles. The van der Waals surface area contributed by atoms with E-state index in [1.54, 1.807) is 0 Å². The molecule has 2 rings (SSSR count). The molecule has 9 heteroatoms. The number of carbonyl (C=O) groups is 2. The maximum absolute atomic E-state index is 12.9. The number of hydrogen-bond donors (Lipinski definition) is 1. The molecule has 0 unspecified atom stereocenters. The van der Waals surface area contributed by atoms with Crippen molar-refractivity contribution in [3.05, 3.63) is 35.6 Å². The Hall–Kier alpha value is -2.16. The summed E-state index contributed by atoms with van der Waals surface area (Å²) in [5, 5.41) is 8.97. The summed E-state index contributed by atoms with van der Waals surface area (Å²) in [6.07, 6.45) is -4.62. The van der Waals surface area contributed by atoms with E-state index in [4.69, 9.17) is 5.11 Å². The Balaban J connectivity index is 1.95. The van der Waals surface area contributed by atoms with Gasteiger partial charge in [0.25, 0.3) is 0 Å². The third-order valence-corrected chi connectivity index (χ3v) is 4.25. The Morgan fingerprint density at radius 2 is 1.84 bits per heavy atom. The lowest BCUT2D eigenvalue weighted by Gasteiger charge is -2.22. The Bertz CT molecular complexity index is 633. The number of rotatable bonds is 5. The maximum atomic E-state index is 12.9. The first kappa shape index (κ1) is 19.2. The van der Waals surface area contributed by atoms with Gasteiger partial charge in [0, 0.05) is 26.7 Å². The molecule has 1 amide bonds. The van der Waals surface area contributed by atoms with Crippen molar-refractivity contribution in [3.63, 3.8) is 0 Å². The van der Waals surface area contributed by atoms with Gasteiger partial charge in [-0.05, 0) is 17.7 Å². The fourth-order valence-electron chi connectivity index (χ4n) is 2.86. The minimum atomic E-state index is -4.62. The van der Waals surface area contributed by atoms with Crippen LogP contribution in [-0.4, -0.2) is 59.6 Å². The van der Waals surface area contributed by atoms with Crippen molar-refractivity contribution in [3.8, 4) is 0 Å². The van der Waals surface area contributed by atoms with E-state index >= 15 is 0 Å². The van der Waals surface area contributed by atoms with E-state index in [1.807, 2.05) is 0 Å². The average Bonchev–Trinajstić information content (AvgIpc) is 2.94. The van der Waals surface area contributed by atoms with Crippen molar-refractivity contribution in [2.75, 3.05) is 26.7 Å². The van der Waals surface area contributed by atoms with Gasteiger partial charge in [0.05, 0.1) is 18.4 Å². The summed E-state index contributed by atoms with van der Waals surface area (Å²) < 4.78 is 51.7. The molecule has 1 aliphatic rings. The molecule has 0 bridgehead atoms. The van der Waals surface area contributed by atoms with Crippen molar-refractivity contribution < 1.29 is 32.3 Å². The summed E-state index contributed by atoms with van der Waals surface area (Å²) in [6.45, 7) is -0.960. The molecule has 25 heavy (non-hydrogen) atoms. The summed E-state index contributed by atoms with van der Waals surface area (Å²) >= 11 is 0. The van der Waals surface area contributed by atoms with Crippen LogP contribution in [0.3, 0.4) is 0 Å². The van der Waals surface area contributed by atoms with Gasteiger partial charge in [0.2, 0.25) is 5.91 Å². The van der Waals surface area contributed by atoms with E-state index in [0.29, 0.717) is 5.56 Å². The summed E-state index contributed by atoms with van der Waals surface area (Å²) in [5.41, 5.74) is 0.676. The third kappa shape index (κ3) is 4.91. The number of likely N-dealkylation sites (N-methyl/N-ethyl adjacent to an activating group) is 1. The number of nitrogens with zero attached hydrogens (tertiary/aromatic N) is 2. The predicted octanol–water partition coefficient (Wildman–Crippen LogP) is 1.98. The lowest BCUT2D eigenvalue weighted by atomic mass is 9.96. The number of carboxylic acids is 1. The van der Waals surface area contributed by atoms with Crippen LogP contribution >= 0.6 is 0 Å². The number of hydrogen-bond acceptors (Lipinski definition) is 3. The van der Waals surface area contributed by atoms with Crippen LogP contribution in [0.1, 0.15) is 5.56 Å². The highest BCUT2D eigenvalue weighted by Gasteiger charge is 2.52. The zero-order valence-electron chi connectivity index (χ0n) is 13.5. The smallest absolute Gasteiger partial charge is 0.393 e. The molecular weight excluding hydrogens is 344 g/mol. The Morgan fingerprint density at radius 3 is 2.32 bits per heavy atom. The fourth-order valence-corrected chi connectivity index (χ4v) is 2.86. The predicted molar refractivity (Wildman–Crippen MR) is 80.0 cm³/mol. The monoisotopic (exact) mass is 362 g/mol. The second-order valence-corrected chi connectivity index (χ2v) is 6.16. The van der Waals surface area contributed by atoms with Crippen LogP contribution in [0.4, 0.5) is 17.6 Å². The van der Waals surface area contributed by atoms with E-state index in [-0.39, 0.29) is 19.6 Å². The SMILES string of the molecule is CN(Cc1ccc(F)cc1)C(=O)CN1C[C@@H](C(F)(F)F)[C@H](C(=O)O)C1. The molecule has 0 aliphatic carbocycles. The molecule has 1 heterocycles. The van der Waals surface area contributed by atoms with E-state index in [1.165, 1.54) is 41.1 Å². The van der Waals surface area contributed by atoms with Crippen molar-refractivity contribution >= 4 is 11.9 Å². The van der Waals surface area contributed by atoms with Gasteiger partial charge in [0.15, 0.2) is 0 Å². The van der Waals surface area contributed by atoms with Gasteiger partial charge < -0.3 is 10.0 Å². The highest BCUT2D eigenvalue weighted by molar-refractivity contribution is 5.78. The lowest BCUT2D eigenvalue weighted by Crippen LogP contribution is -2.38. The Labute approximate surface area is 141 Å². The van der Waals surface area contributed by atoms with E-state index < -0.39 is 42.3 Å². The summed E-state index contributed by atoms with van der Waals surface area (Å²) in [4.78, 5) is 25.7. The Kier molecular flexibility index (Phi) is 5.66. The largest absolute Gasteiger partial charge is 0.481 e. The first-order valence-electron chi connectivity index (χ1n) is 7.58. The second kappa shape index (κ2) is 7.38. The van der Waals surface area contributed by atoms with Crippen LogP contribution in [0.5, 0.6) is 0 Å². The van der Waals surface area contributed by atoms with E-state index in [9.17, 15) is 27.2 Å². The number of likely N-dealkylation sites (tertiary alicyclic amines) is 1. The molecule has 2 atom stereocenters. The Morgan fingerprint density at radius 1 is 1.24 bits per heavy atom. The standard InChI is InChI=1S/C16H18F4N2O3/c1-21(6-10-2-4-11(17)5-3-10)14(23)9-22-7-12(15(24)25)13(8-22)16(18,19)20/h2-5,12-13H,6-9H2,1H3,(H,24,25)/t12-,13-/m1/s1. The van der Waals surface area contributed by atoms with E-state index in [2.05, 4.69) is 0 Å². The normalized spacial score (nSPS) is 21.3. The van der Waals surface area contributed by atoms with Gasteiger partial charge >= 0.3 is 12.1 Å². The molecule has 1 aromatic rings. The van der Waals surface area contributed by atoms with Gasteiger partial charge in [0.1, 0.15) is 5.82 Å². The van der Waals surface area contributed by atoms with Crippen molar-refractivity contribution in [1.29, 1.82) is 0 Å². The second-order valence-electron chi connectivity index (χ2n) is 6.16. The van der Waals surface area contributed by atoms with Gasteiger partial charge in [-0.15, -0.1) is 0 Å². The summed E-state index contributed by atoms with van der Waals surface area (Å²) in [5.74, 6) is -5.92. The average molecular weight is 362 g/mol. The molecule has 0 spiro atoms. The first-order valence-corrected chi connectivity index (χ1v) is 7.58. The molecular formula is C16H18F4N2O3. The molecule has 138 valence electrons. The summed E-state index contributed by atoms with van der Waals surface area (Å²) in [7, 11) is 1.48. The highest BCUT2D eigenvalue weighted by Crippen LogP contribution is 2.37.